The fourth-order valence-corrected chi connectivity index (χ4v) is 1.07. The Labute approximate surface area is 103 Å². The van der Waals surface area contributed by atoms with Crippen LogP contribution in [0.25, 0.3) is 6.08 Å². The average Bonchev–Trinajstić information content (AvgIpc) is 2.44. The number of rotatable bonds is 5. The summed E-state index contributed by atoms with van der Waals surface area (Å²) in [5, 5.41) is 26.0. The van der Waals surface area contributed by atoms with Crippen molar-refractivity contribution in [2.24, 2.45) is 5.41 Å². The van der Waals surface area contributed by atoms with Crippen molar-refractivity contribution in [3.63, 3.8) is 0 Å². The van der Waals surface area contributed by atoms with Gasteiger partial charge in [0, 0.05) is 5.41 Å². The van der Waals surface area contributed by atoms with Crippen LogP contribution in [0.3, 0.4) is 0 Å². The first-order valence-electron chi connectivity index (χ1n) is 5.68. The lowest BCUT2D eigenvalue weighted by Crippen LogP contribution is -2.32. The van der Waals surface area contributed by atoms with E-state index in [4.69, 9.17) is 15.3 Å². The van der Waals surface area contributed by atoms with Gasteiger partial charge in [-0.05, 0) is 12.0 Å². The molecule has 0 radical (unpaired) electrons. The highest BCUT2D eigenvalue weighted by Crippen LogP contribution is 2.18. The molecular weight excluding hydrogens is 216 g/mol. The quantitative estimate of drug-likeness (QED) is 0.731. The molecule has 0 saturated heterocycles. The summed E-state index contributed by atoms with van der Waals surface area (Å²) in [6.45, 7) is 4.98. The first kappa shape index (κ1) is 15.8. The highest BCUT2D eigenvalue weighted by molar-refractivity contribution is 5.45. The highest BCUT2D eigenvalue weighted by Gasteiger charge is 2.24. The minimum atomic E-state index is -0.667. The Hall–Kier alpha value is -1.16. The molecule has 0 unspecified atom stereocenters. The van der Waals surface area contributed by atoms with Crippen LogP contribution in [0, 0.1) is 5.41 Å². The van der Waals surface area contributed by atoms with Crippen molar-refractivity contribution in [2.45, 2.75) is 13.3 Å². The summed E-state index contributed by atoms with van der Waals surface area (Å²) in [7, 11) is 0. The van der Waals surface area contributed by atoms with Crippen LogP contribution < -0.4 is 0 Å². The maximum absolute atomic E-state index is 8.66. The fraction of sp³-hybridized carbons (Fsp3) is 0.429. The summed E-state index contributed by atoms with van der Waals surface area (Å²) in [5.74, 6) is 0. The average molecular weight is 238 g/mol. The van der Waals surface area contributed by atoms with Crippen LogP contribution in [0.15, 0.2) is 36.9 Å². The number of benzene rings is 1. The molecule has 0 aliphatic rings. The summed E-state index contributed by atoms with van der Waals surface area (Å²) in [5.41, 5.74) is 0.507. The zero-order chi connectivity index (χ0) is 13.1. The lowest BCUT2D eigenvalue weighted by Gasteiger charge is -2.24. The van der Waals surface area contributed by atoms with Crippen LogP contribution in [-0.2, 0) is 0 Å². The second-order valence-electron chi connectivity index (χ2n) is 3.94. The standard InChI is InChI=1S/C8H8.C6H14O3/c1-2-8-6-4-3-5-7-8;1-2-6(3-7,4-8)5-9/h2-7H,1H2;7-9H,2-5H2,1H3. The van der Waals surface area contributed by atoms with E-state index < -0.39 is 5.41 Å². The fourth-order valence-electron chi connectivity index (χ4n) is 1.07. The maximum atomic E-state index is 8.66. The molecule has 0 saturated carbocycles. The van der Waals surface area contributed by atoms with Crippen LogP contribution in [0.4, 0.5) is 0 Å². The number of hydrogen-bond donors (Lipinski definition) is 3. The van der Waals surface area contributed by atoms with Crippen molar-refractivity contribution >= 4 is 6.08 Å². The van der Waals surface area contributed by atoms with Gasteiger partial charge in [0.2, 0.25) is 0 Å². The van der Waals surface area contributed by atoms with E-state index in [-0.39, 0.29) is 19.8 Å². The molecule has 1 rings (SSSR count). The van der Waals surface area contributed by atoms with Crippen LogP contribution in [0.2, 0.25) is 0 Å². The summed E-state index contributed by atoms with van der Waals surface area (Å²) >= 11 is 0. The Morgan fingerprint density at radius 2 is 1.53 bits per heavy atom. The Morgan fingerprint density at radius 3 is 1.71 bits per heavy atom. The molecule has 0 atom stereocenters. The lowest BCUT2D eigenvalue weighted by molar-refractivity contribution is 0.00304. The van der Waals surface area contributed by atoms with E-state index in [0.29, 0.717) is 6.42 Å². The minimum absolute atomic E-state index is 0.156. The second kappa shape index (κ2) is 8.93. The van der Waals surface area contributed by atoms with Crippen LogP contribution in [0.5, 0.6) is 0 Å². The van der Waals surface area contributed by atoms with Crippen molar-refractivity contribution in [2.75, 3.05) is 19.8 Å². The van der Waals surface area contributed by atoms with Crippen LogP contribution in [-0.4, -0.2) is 35.1 Å². The van der Waals surface area contributed by atoms with E-state index in [9.17, 15) is 0 Å². The molecule has 1 aromatic rings. The van der Waals surface area contributed by atoms with Gasteiger partial charge < -0.3 is 15.3 Å². The summed E-state index contributed by atoms with van der Waals surface area (Å²) < 4.78 is 0. The third-order valence-corrected chi connectivity index (χ3v) is 2.79. The van der Waals surface area contributed by atoms with Crippen molar-refractivity contribution in [1.29, 1.82) is 0 Å². The van der Waals surface area contributed by atoms with Gasteiger partial charge in [0.25, 0.3) is 0 Å². The van der Waals surface area contributed by atoms with E-state index in [1.54, 1.807) is 0 Å². The molecule has 0 heterocycles. The Morgan fingerprint density at radius 1 is 1.06 bits per heavy atom. The minimum Gasteiger partial charge on any atom is -0.396 e. The third-order valence-electron chi connectivity index (χ3n) is 2.79. The van der Waals surface area contributed by atoms with Gasteiger partial charge in [-0.2, -0.15) is 0 Å². The molecule has 0 aliphatic heterocycles. The first-order valence-corrected chi connectivity index (χ1v) is 5.68. The zero-order valence-corrected chi connectivity index (χ0v) is 10.3. The monoisotopic (exact) mass is 238 g/mol. The Kier molecular flexibility index (Phi) is 8.32. The van der Waals surface area contributed by atoms with Gasteiger partial charge in [0.05, 0.1) is 19.8 Å². The van der Waals surface area contributed by atoms with Crippen molar-refractivity contribution in [3.8, 4) is 0 Å². The largest absolute Gasteiger partial charge is 0.396 e. The third kappa shape index (κ3) is 5.63. The van der Waals surface area contributed by atoms with Gasteiger partial charge in [-0.15, -0.1) is 0 Å². The molecule has 17 heavy (non-hydrogen) atoms. The normalized spacial score (nSPS) is 10.4. The molecule has 0 aliphatic carbocycles. The van der Waals surface area contributed by atoms with Crippen LogP contribution in [0.1, 0.15) is 18.9 Å². The highest BCUT2D eigenvalue weighted by atomic mass is 16.3. The summed E-state index contributed by atoms with van der Waals surface area (Å²) in [4.78, 5) is 0. The number of hydrogen-bond acceptors (Lipinski definition) is 3. The van der Waals surface area contributed by atoms with Gasteiger partial charge in [-0.3, -0.25) is 0 Å². The van der Waals surface area contributed by atoms with E-state index >= 15 is 0 Å². The second-order valence-corrected chi connectivity index (χ2v) is 3.94. The molecule has 0 aromatic heterocycles. The zero-order valence-electron chi connectivity index (χ0n) is 10.3. The SMILES string of the molecule is C=Cc1ccccc1.CCC(CO)(CO)CO. The molecular formula is C14H22O3. The Balaban J connectivity index is 0.000000302. The molecule has 3 nitrogen and oxygen atoms in total. The van der Waals surface area contributed by atoms with E-state index in [1.165, 1.54) is 5.56 Å². The molecule has 1 aromatic carbocycles. The molecule has 3 N–H and O–H groups in total. The summed E-state index contributed by atoms with van der Waals surface area (Å²) in [6, 6.07) is 10.0. The van der Waals surface area contributed by atoms with Gasteiger partial charge >= 0.3 is 0 Å². The molecule has 3 heteroatoms. The first-order chi connectivity index (χ1) is 8.17. The topological polar surface area (TPSA) is 60.7 Å². The predicted octanol–water partition coefficient (Wildman–Crippen LogP) is 1.69. The molecule has 0 bridgehead atoms. The smallest absolute Gasteiger partial charge is 0.0531 e. The van der Waals surface area contributed by atoms with Crippen molar-refractivity contribution in [1.82, 2.24) is 0 Å². The van der Waals surface area contributed by atoms with Crippen molar-refractivity contribution < 1.29 is 15.3 Å². The number of aliphatic hydroxyl groups is 3. The Bertz CT molecular complexity index is 274. The van der Waals surface area contributed by atoms with Gasteiger partial charge in [0.15, 0.2) is 0 Å². The number of aliphatic hydroxyl groups excluding tert-OH is 3. The molecule has 96 valence electrons. The van der Waals surface area contributed by atoms with Crippen LogP contribution >= 0.6 is 0 Å². The predicted molar refractivity (Wildman–Crippen MR) is 70.5 cm³/mol. The molecule has 0 amide bonds. The van der Waals surface area contributed by atoms with Gasteiger partial charge in [-0.1, -0.05) is 49.9 Å². The molecule has 0 spiro atoms. The van der Waals surface area contributed by atoms with E-state index in [0.717, 1.165) is 0 Å². The summed E-state index contributed by atoms with van der Waals surface area (Å²) in [6.07, 6.45) is 2.43. The lowest BCUT2D eigenvalue weighted by atomic mass is 9.88. The van der Waals surface area contributed by atoms with Crippen molar-refractivity contribution in [3.05, 3.63) is 42.5 Å². The van der Waals surface area contributed by atoms with Gasteiger partial charge in [-0.25, -0.2) is 0 Å². The van der Waals surface area contributed by atoms with E-state index in [1.807, 2.05) is 43.3 Å². The maximum Gasteiger partial charge on any atom is 0.0531 e. The molecule has 0 fully saturated rings. The van der Waals surface area contributed by atoms with E-state index in [2.05, 4.69) is 6.58 Å². The van der Waals surface area contributed by atoms with Gasteiger partial charge in [0.1, 0.15) is 0 Å².